The molecule has 0 radical (unpaired) electrons. The third-order valence-electron chi connectivity index (χ3n) is 4.98. The van der Waals surface area contributed by atoms with Crippen molar-refractivity contribution in [1.82, 2.24) is 4.90 Å². The fourth-order valence-electron chi connectivity index (χ4n) is 3.34. The fraction of sp³-hybridized carbons (Fsp3) is 0.227. The van der Waals surface area contributed by atoms with Gasteiger partial charge in [0.1, 0.15) is 11.6 Å². The summed E-state index contributed by atoms with van der Waals surface area (Å²) in [4.78, 5) is 17.3. The summed E-state index contributed by atoms with van der Waals surface area (Å²) >= 11 is 5.86. The highest BCUT2D eigenvalue weighted by atomic mass is 35.5. The number of amides is 1. The maximum Gasteiger partial charge on any atom is 0.289 e. The third-order valence-corrected chi connectivity index (χ3v) is 6.58. The molecule has 0 bridgehead atoms. The van der Waals surface area contributed by atoms with Gasteiger partial charge in [-0.15, -0.1) is 0 Å². The first-order valence-corrected chi connectivity index (χ1v) is 11.2. The molecule has 1 saturated heterocycles. The van der Waals surface area contributed by atoms with Crippen molar-refractivity contribution in [1.29, 1.82) is 0 Å². The molecule has 0 spiro atoms. The highest BCUT2D eigenvalue weighted by Crippen LogP contribution is 2.20. The SMILES string of the molecule is O=C(c1ccc(CS(=O)c2ccc(Cl)cc2)o1)N1CCN(c2ccc(F)cc2)CC1. The number of benzene rings is 2. The summed E-state index contributed by atoms with van der Waals surface area (Å²) < 4.78 is 31.3. The number of hydrogen-bond acceptors (Lipinski definition) is 4. The van der Waals surface area contributed by atoms with Gasteiger partial charge in [0.15, 0.2) is 5.76 Å². The van der Waals surface area contributed by atoms with Crippen LogP contribution in [0.5, 0.6) is 0 Å². The van der Waals surface area contributed by atoms with E-state index in [1.54, 1.807) is 53.4 Å². The fourth-order valence-corrected chi connectivity index (χ4v) is 4.49. The Hall–Kier alpha value is -2.64. The third kappa shape index (κ3) is 4.74. The first kappa shape index (κ1) is 20.6. The molecule has 3 aromatic rings. The van der Waals surface area contributed by atoms with Crippen LogP contribution in [-0.4, -0.2) is 41.2 Å². The average Bonchev–Trinajstić information content (AvgIpc) is 3.23. The van der Waals surface area contributed by atoms with E-state index in [1.807, 2.05) is 0 Å². The van der Waals surface area contributed by atoms with Gasteiger partial charge in [-0.25, -0.2) is 4.39 Å². The van der Waals surface area contributed by atoms with Crippen LogP contribution in [0.25, 0.3) is 0 Å². The zero-order valence-corrected chi connectivity index (χ0v) is 17.7. The molecular formula is C22H20ClFN2O3S. The van der Waals surface area contributed by atoms with Crippen LogP contribution < -0.4 is 4.90 Å². The van der Waals surface area contributed by atoms with Crippen LogP contribution in [0.3, 0.4) is 0 Å². The van der Waals surface area contributed by atoms with E-state index in [0.29, 0.717) is 41.9 Å². The van der Waals surface area contributed by atoms with Gasteiger partial charge in [0.05, 0.1) is 16.6 Å². The van der Waals surface area contributed by atoms with Crippen molar-refractivity contribution in [3.05, 3.63) is 83.0 Å². The largest absolute Gasteiger partial charge is 0.455 e. The molecule has 0 N–H and O–H groups in total. The van der Waals surface area contributed by atoms with E-state index < -0.39 is 10.8 Å². The first-order chi connectivity index (χ1) is 14.5. The standard InChI is InChI=1S/C22H20ClFN2O3S/c23-16-1-8-20(9-2-16)30(28)15-19-7-10-21(29-19)22(27)26-13-11-25(12-14-26)18-5-3-17(24)4-6-18/h1-10H,11-15H2. The maximum atomic E-state index is 13.1. The molecule has 156 valence electrons. The molecule has 5 nitrogen and oxygen atoms in total. The van der Waals surface area contributed by atoms with Crippen molar-refractivity contribution in [2.75, 3.05) is 31.1 Å². The van der Waals surface area contributed by atoms with Crippen molar-refractivity contribution in [2.45, 2.75) is 10.6 Å². The van der Waals surface area contributed by atoms with Gasteiger partial charge in [0, 0.05) is 41.8 Å². The number of hydrogen-bond donors (Lipinski definition) is 0. The van der Waals surface area contributed by atoms with Gasteiger partial charge in [-0.1, -0.05) is 11.6 Å². The van der Waals surface area contributed by atoms with E-state index in [9.17, 15) is 13.4 Å². The Morgan fingerprint density at radius 2 is 1.63 bits per heavy atom. The van der Waals surface area contributed by atoms with E-state index in [2.05, 4.69) is 4.90 Å². The van der Waals surface area contributed by atoms with Crippen LogP contribution in [0, 0.1) is 5.82 Å². The lowest BCUT2D eigenvalue weighted by Gasteiger charge is -2.35. The average molecular weight is 447 g/mol. The Labute approximate surface area is 181 Å². The van der Waals surface area contributed by atoms with E-state index in [0.717, 1.165) is 5.69 Å². The predicted octanol–water partition coefficient (Wildman–Crippen LogP) is 4.34. The number of piperazine rings is 1. The quantitative estimate of drug-likeness (QED) is 0.585. The van der Waals surface area contributed by atoms with E-state index in [1.165, 1.54) is 12.1 Å². The van der Waals surface area contributed by atoms with Crippen LogP contribution in [-0.2, 0) is 16.6 Å². The molecule has 0 saturated carbocycles. The molecule has 1 aliphatic heterocycles. The summed E-state index contributed by atoms with van der Waals surface area (Å²) in [5, 5.41) is 0.584. The number of nitrogens with zero attached hydrogens (tertiary/aromatic N) is 2. The van der Waals surface area contributed by atoms with Crippen molar-refractivity contribution in [3.8, 4) is 0 Å². The summed E-state index contributed by atoms with van der Waals surface area (Å²) in [7, 11) is -1.29. The topological polar surface area (TPSA) is 53.8 Å². The van der Waals surface area contributed by atoms with Crippen molar-refractivity contribution >= 4 is 34.0 Å². The van der Waals surface area contributed by atoms with E-state index >= 15 is 0 Å². The van der Waals surface area contributed by atoms with Gasteiger partial charge in [-0.2, -0.15) is 0 Å². The van der Waals surface area contributed by atoms with E-state index in [4.69, 9.17) is 16.0 Å². The Morgan fingerprint density at radius 1 is 0.967 bits per heavy atom. The minimum absolute atomic E-state index is 0.183. The lowest BCUT2D eigenvalue weighted by molar-refractivity contribution is 0.0713. The van der Waals surface area contributed by atoms with Gasteiger partial charge in [0.25, 0.3) is 5.91 Å². The molecule has 8 heteroatoms. The Balaban J connectivity index is 1.34. The smallest absolute Gasteiger partial charge is 0.289 e. The van der Waals surface area contributed by atoms with Crippen molar-refractivity contribution in [3.63, 3.8) is 0 Å². The first-order valence-electron chi connectivity index (χ1n) is 9.52. The molecule has 1 fully saturated rings. The van der Waals surface area contributed by atoms with Gasteiger partial charge < -0.3 is 14.2 Å². The summed E-state index contributed by atoms with van der Waals surface area (Å²) in [6, 6.07) is 16.5. The van der Waals surface area contributed by atoms with Crippen LogP contribution in [0.4, 0.5) is 10.1 Å². The summed E-state index contributed by atoms with van der Waals surface area (Å²) in [5.74, 6) is 0.480. The number of anilines is 1. The van der Waals surface area contributed by atoms with Crippen molar-refractivity contribution < 1.29 is 17.8 Å². The number of furan rings is 1. The lowest BCUT2D eigenvalue weighted by Crippen LogP contribution is -2.48. The van der Waals surface area contributed by atoms with Gasteiger partial charge in [-0.3, -0.25) is 9.00 Å². The number of rotatable bonds is 5. The summed E-state index contributed by atoms with van der Waals surface area (Å²) in [5.41, 5.74) is 0.938. The Bertz CT molecular complexity index is 1050. The zero-order chi connectivity index (χ0) is 21.1. The molecule has 1 aliphatic rings. The second-order valence-corrected chi connectivity index (χ2v) is 8.85. The molecule has 30 heavy (non-hydrogen) atoms. The molecule has 4 rings (SSSR count). The molecule has 1 aromatic heterocycles. The van der Waals surface area contributed by atoms with Crippen LogP contribution in [0.2, 0.25) is 5.02 Å². The Kier molecular flexibility index (Phi) is 6.20. The second-order valence-electron chi connectivity index (χ2n) is 6.97. The summed E-state index contributed by atoms with van der Waals surface area (Å²) in [6.07, 6.45) is 0. The second kappa shape index (κ2) is 9.02. The van der Waals surface area contributed by atoms with Crippen LogP contribution in [0.1, 0.15) is 16.3 Å². The minimum Gasteiger partial charge on any atom is -0.455 e. The summed E-state index contributed by atoms with van der Waals surface area (Å²) in [6.45, 7) is 2.41. The molecule has 2 heterocycles. The van der Waals surface area contributed by atoms with Crippen molar-refractivity contribution in [2.24, 2.45) is 0 Å². The van der Waals surface area contributed by atoms with Crippen LogP contribution >= 0.6 is 11.6 Å². The normalized spacial score (nSPS) is 15.3. The predicted molar refractivity (Wildman–Crippen MR) is 115 cm³/mol. The van der Waals surface area contributed by atoms with Crippen LogP contribution in [0.15, 0.2) is 70.0 Å². The van der Waals surface area contributed by atoms with Gasteiger partial charge in [-0.05, 0) is 60.7 Å². The molecular weight excluding hydrogens is 427 g/mol. The zero-order valence-electron chi connectivity index (χ0n) is 16.1. The van der Waals surface area contributed by atoms with E-state index in [-0.39, 0.29) is 23.2 Å². The molecule has 1 atom stereocenters. The molecule has 1 amide bonds. The lowest BCUT2D eigenvalue weighted by atomic mass is 10.2. The molecule has 2 aromatic carbocycles. The number of halogens is 2. The Morgan fingerprint density at radius 3 is 2.30 bits per heavy atom. The highest BCUT2D eigenvalue weighted by Gasteiger charge is 2.24. The number of carbonyl (C=O) groups excluding carboxylic acids is 1. The van der Waals surface area contributed by atoms with Gasteiger partial charge in [0.2, 0.25) is 0 Å². The molecule has 0 aliphatic carbocycles. The monoisotopic (exact) mass is 446 g/mol. The van der Waals surface area contributed by atoms with Gasteiger partial charge >= 0.3 is 0 Å². The minimum atomic E-state index is -1.29. The molecule has 1 unspecified atom stereocenters. The highest BCUT2D eigenvalue weighted by molar-refractivity contribution is 7.84. The maximum absolute atomic E-state index is 13.1. The number of carbonyl (C=O) groups is 1.